The van der Waals surface area contributed by atoms with Crippen LogP contribution >= 0.6 is 12.6 Å². The van der Waals surface area contributed by atoms with Crippen LogP contribution < -0.4 is 0 Å². The Labute approximate surface area is 107 Å². The van der Waals surface area contributed by atoms with Gasteiger partial charge < -0.3 is 4.98 Å². The molecule has 0 spiro atoms. The maximum Gasteiger partial charge on any atom is 0.0521 e. The first-order chi connectivity index (χ1) is 8.38. The van der Waals surface area contributed by atoms with Crippen molar-refractivity contribution >= 4 is 23.5 Å². The van der Waals surface area contributed by atoms with Gasteiger partial charge in [-0.05, 0) is 49.4 Å². The molecule has 2 heteroatoms. The van der Waals surface area contributed by atoms with Crippen molar-refractivity contribution < 1.29 is 0 Å². The van der Waals surface area contributed by atoms with E-state index in [2.05, 4.69) is 47.7 Å². The molecule has 0 unspecified atom stereocenters. The van der Waals surface area contributed by atoms with Crippen LogP contribution in [0.1, 0.15) is 29.7 Å². The van der Waals surface area contributed by atoms with Gasteiger partial charge in [0.25, 0.3) is 0 Å². The van der Waals surface area contributed by atoms with E-state index in [4.69, 9.17) is 0 Å². The van der Waals surface area contributed by atoms with Gasteiger partial charge in [-0.15, -0.1) is 0 Å². The highest BCUT2D eigenvalue weighted by molar-refractivity contribution is 7.80. The molecule has 1 aliphatic carbocycles. The van der Waals surface area contributed by atoms with Crippen LogP contribution in [0.5, 0.6) is 0 Å². The lowest BCUT2D eigenvalue weighted by Crippen LogP contribution is -1.99. The molecule has 1 N–H and O–H groups in total. The number of rotatable bonds is 0. The van der Waals surface area contributed by atoms with Crippen molar-refractivity contribution in [3.05, 3.63) is 35.0 Å². The van der Waals surface area contributed by atoms with Gasteiger partial charge in [-0.1, -0.05) is 11.8 Å². The average Bonchev–Trinajstić information content (AvgIpc) is 2.74. The third-order valence-electron chi connectivity index (χ3n) is 3.41. The number of aromatic nitrogens is 1. The van der Waals surface area contributed by atoms with Gasteiger partial charge in [0, 0.05) is 22.2 Å². The Morgan fingerprint density at radius 1 is 1.24 bits per heavy atom. The van der Waals surface area contributed by atoms with Crippen molar-refractivity contribution in [3.8, 4) is 11.8 Å². The van der Waals surface area contributed by atoms with Gasteiger partial charge in [0.05, 0.1) is 5.75 Å². The van der Waals surface area contributed by atoms with Crippen LogP contribution in [0.4, 0.5) is 0 Å². The monoisotopic (exact) mass is 241 g/mol. The fourth-order valence-electron chi connectivity index (χ4n) is 2.63. The molecular weight excluding hydrogens is 226 g/mol. The van der Waals surface area contributed by atoms with Gasteiger partial charge in [0.1, 0.15) is 0 Å². The van der Waals surface area contributed by atoms with Gasteiger partial charge in [-0.25, -0.2) is 0 Å². The summed E-state index contributed by atoms with van der Waals surface area (Å²) in [5.74, 6) is 6.76. The molecule has 0 radical (unpaired) electrons. The average molecular weight is 241 g/mol. The Morgan fingerprint density at radius 3 is 3.00 bits per heavy atom. The van der Waals surface area contributed by atoms with Gasteiger partial charge in [-0.3, -0.25) is 0 Å². The number of aromatic amines is 1. The van der Waals surface area contributed by atoms with Crippen LogP contribution in [0.25, 0.3) is 10.9 Å². The maximum absolute atomic E-state index is 4.11. The third-order valence-corrected chi connectivity index (χ3v) is 3.57. The summed E-state index contributed by atoms with van der Waals surface area (Å²) in [6, 6.07) is 6.45. The molecule has 1 aromatic carbocycles. The van der Waals surface area contributed by atoms with Crippen LogP contribution in [0.15, 0.2) is 18.2 Å². The number of hydrogen-bond acceptors (Lipinski definition) is 1. The van der Waals surface area contributed by atoms with E-state index in [1.807, 2.05) is 0 Å². The number of H-pyrrole nitrogens is 1. The largest absolute Gasteiger partial charge is 0.358 e. The number of nitrogens with one attached hydrogen (secondary N) is 1. The van der Waals surface area contributed by atoms with Crippen LogP contribution in [0.2, 0.25) is 0 Å². The molecule has 0 saturated carbocycles. The highest BCUT2D eigenvalue weighted by Crippen LogP contribution is 2.29. The first-order valence-corrected chi connectivity index (χ1v) is 6.75. The maximum atomic E-state index is 4.11. The number of fused-ring (bicyclic) bond motifs is 3. The number of aryl methyl sites for hydroxylation is 2. The molecule has 3 rings (SSSR count). The lowest BCUT2D eigenvalue weighted by atomic mass is 9.95. The minimum Gasteiger partial charge on any atom is -0.358 e. The van der Waals surface area contributed by atoms with E-state index in [0.29, 0.717) is 5.75 Å². The van der Waals surface area contributed by atoms with Crippen LogP contribution in [-0.4, -0.2) is 10.7 Å². The zero-order valence-electron chi connectivity index (χ0n) is 9.71. The summed E-state index contributed by atoms with van der Waals surface area (Å²) >= 11 is 4.11. The highest BCUT2D eigenvalue weighted by Gasteiger charge is 2.14. The Bertz CT molecular complexity index is 613. The standard InChI is InChI=1S/C15H15NS/c17-9-3-4-11-7-8-15-13(10-11)12-5-1-2-6-14(12)16-15/h7-8,10,16-17H,1-2,5-6,9H2. The van der Waals surface area contributed by atoms with Crippen molar-refractivity contribution in [2.24, 2.45) is 0 Å². The molecule has 17 heavy (non-hydrogen) atoms. The molecule has 0 saturated heterocycles. The van der Waals surface area contributed by atoms with Crippen LogP contribution in [0.3, 0.4) is 0 Å². The summed E-state index contributed by atoms with van der Waals surface area (Å²) < 4.78 is 0. The minimum absolute atomic E-state index is 0.614. The van der Waals surface area contributed by atoms with Gasteiger partial charge >= 0.3 is 0 Å². The van der Waals surface area contributed by atoms with Crippen molar-refractivity contribution in [1.82, 2.24) is 4.98 Å². The lowest BCUT2D eigenvalue weighted by Gasteiger charge is -2.10. The lowest BCUT2D eigenvalue weighted by molar-refractivity contribution is 0.680. The molecule has 0 amide bonds. The van der Waals surface area contributed by atoms with Crippen molar-refractivity contribution in [2.75, 3.05) is 5.75 Å². The number of thiol groups is 1. The summed E-state index contributed by atoms with van der Waals surface area (Å²) in [7, 11) is 0. The molecule has 0 fully saturated rings. The van der Waals surface area contributed by atoms with Crippen LogP contribution in [-0.2, 0) is 12.8 Å². The second-order valence-electron chi connectivity index (χ2n) is 4.51. The summed E-state index contributed by atoms with van der Waals surface area (Å²) in [5.41, 5.74) is 5.30. The molecule has 86 valence electrons. The second-order valence-corrected chi connectivity index (χ2v) is 4.83. The van der Waals surface area contributed by atoms with E-state index >= 15 is 0 Å². The minimum atomic E-state index is 0.614. The highest BCUT2D eigenvalue weighted by atomic mass is 32.1. The number of hydrogen-bond donors (Lipinski definition) is 2. The van der Waals surface area contributed by atoms with Crippen molar-refractivity contribution in [2.45, 2.75) is 25.7 Å². The zero-order valence-corrected chi connectivity index (χ0v) is 10.6. The smallest absolute Gasteiger partial charge is 0.0521 e. The summed E-state index contributed by atoms with van der Waals surface area (Å²) in [6.07, 6.45) is 5.03. The summed E-state index contributed by atoms with van der Waals surface area (Å²) in [5, 5.41) is 1.37. The predicted molar refractivity (Wildman–Crippen MR) is 75.7 cm³/mol. The second kappa shape index (κ2) is 4.50. The Morgan fingerprint density at radius 2 is 2.12 bits per heavy atom. The van der Waals surface area contributed by atoms with Gasteiger partial charge in [0.2, 0.25) is 0 Å². The Hall–Kier alpha value is -1.33. The SMILES string of the molecule is SCC#Cc1ccc2[nH]c3c(c2c1)CCCC3. The normalized spacial score (nSPS) is 14.2. The zero-order chi connectivity index (χ0) is 11.7. The fourth-order valence-corrected chi connectivity index (χ4v) is 2.70. The predicted octanol–water partition coefficient (Wildman–Crippen LogP) is 3.33. The Balaban J connectivity index is 2.14. The molecule has 0 bridgehead atoms. The van der Waals surface area contributed by atoms with E-state index in [1.165, 1.54) is 47.8 Å². The van der Waals surface area contributed by atoms with Gasteiger partial charge in [0.15, 0.2) is 0 Å². The first kappa shape index (κ1) is 10.8. The van der Waals surface area contributed by atoms with Crippen molar-refractivity contribution in [3.63, 3.8) is 0 Å². The van der Waals surface area contributed by atoms with Gasteiger partial charge in [-0.2, -0.15) is 12.6 Å². The molecular formula is C15H15NS. The Kier molecular flexibility index (Phi) is 2.86. The van der Waals surface area contributed by atoms with E-state index in [-0.39, 0.29) is 0 Å². The van der Waals surface area contributed by atoms with E-state index in [1.54, 1.807) is 0 Å². The topological polar surface area (TPSA) is 15.8 Å². The van der Waals surface area contributed by atoms with E-state index < -0.39 is 0 Å². The first-order valence-electron chi connectivity index (χ1n) is 6.11. The molecule has 0 aliphatic heterocycles. The quantitative estimate of drug-likeness (QED) is 0.520. The molecule has 1 heterocycles. The molecule has 1 aromatic heterocycles. The molecule has 1 aliphatic rings. The number of benzene rings is 1. The third kappa shape index (κ3) is 1.96. The summed E-state index contributed by atoms with van der Waals surface area (Å²) in [6.45, 7) is 0. The van der Waals surface area contributed by atoms with Crippen LogP contribution in [0, 0.1) is 11.8 Å². The van der Waals surface area contributed by atoms with E-state index in [9.17, 15) is 0 Å². The summed E-state index contributed by atoms with van der Waals surface area (Å²) in [4.78, 5) is 3.54. The molecule has 1 nitrogen and oxygen atoms in total. The fraction of sp³-hybridized carbons (Fsp3) is 0.333. The molecule has 0 atom stereocenters. The van der Waals surface area contributed by atoms with E-state index in [0.717, 1.165) is 5.56 Å². The van der Waals surface area contributed by atoms with Crippen molar-refractivity contribution in [1.29, 1.82) is 0 Å². The molecule has 2 aromatic rings.